The van der Waals surface area contributed by atoms with Crippen LogP contribution in [0.25, 0.3) is 0 Å². The van der Waals surface area contributed by atoms with Gasteiger partial charge in [0.1, 0.15) is 0 Å². The zero-order valence-electron chi connectivity index (χ0n) is 9.01. The molecule has 3 rings (SSSR count). The number of hydrogen-bond donors (Lipinski definition) is 1. The van der Waals surface area contributed by atoms with Gasteiger partial charge in [0.2, 0.25) is 0 Å². The lowest BCUT2D eigenvalue weighted by Gasteiger charge is -2.38. The Morgan fingerprint density at radius 1 is 1.19 bits per heavy atom. The van der Waals surface area contributed by atoms with Gasteiger partial charge in [-0.2, -0.15) is 0 Å². The molecule has 0 amide bonds. The lowest BCUT2D eigenvalue weighted by atomic mass is 9.98. The largest absolute Gasteiger partial charge is 0.349 e. The molecule has 4 nitrogen and oxygen atoms in total. The Bertz CT molecular complexity index is 366. The van der Waals surface area contributed by atoms with E-state index < -0.39 is 0 Å². The Morgan fingerprint density at radius 2 is 1.88 bits per heavy atom. The molecule has 0 saturated carbocycles. The van der Waals surface area contributed by atoms with E-state index in [1.807, 2.05) is 6.07 Å². The van der Waals surface area contributed by atoms with Gasteiger partial charge in [-0.05, 0) is 37.8 Å². The number of piperidine rings is 1. The Kier molecular flexibility index (Phi) is 2.48. The van der Waals surface area contributed by atoms with Crippen LogP contribution in [0.4, 0.5) is 5.82 Å². The van der Waals surface area contributed by atoms with E-state index in [0.717, 1.165) is 18.7 Å². The van der Waals surface area contributed by atoms with E-state index in [9.17, 15) is 0 Å². The molecule has 2 bridgehead atoms. The molecule has 2 aliphatic heterocycles. The highest BCUT2D eigenvalue weighted by Gasteiger charge is 2.40. The first kappa shape index (κ1) is 10.3. The molecule has 5 heteroatoms. The number of nitrogens with zero attached hydrogens (tertiary/aromatic N) is 3. The molecule has 0 aromatic carbocycles. The number of halogens is 1. The first-order chi connectivity index (χ1) is 7.74. The summed E-state index contributed by atoms with van der Waals surface area (Å²) in [5, 5.41) is 8.53. The number of fused-ring (bicyclic) bond motifs is 2. The summed E-state index contributed by atoms with van der Waals surface area (Å²) in [6.07, 6.45) is 4.59. The maximum Gasteiger partial charge on any atom is 0.151 e. The van der Waals surface area contributed by atoms with Crippen LogP contribution in [0.1, 0.15) is 25.7 Å². The third kappa shape index (κ3) is 1.66. The van der Waals surface area contributed by atoms with Crippen LogP contribution in [0.3, 0.4) is 0 Å². The average Bonchev–Trinajstić information content (AvgIpc) is 2.54. The zero-order valence-corrected chi connectivity index (χ0v) is 9.77. The van der Waals surface area contributed by atoms with E-state index in [1.165, 1.54) is 12.8 Å². The van der Waals surface area contributed by atoms with Crippen molar-refractivity contribution in [3.63, 3.8) is 0 Å². The van der Waals surface area contributed by atoms with E-state index in [-0.39, 0.29) is 0 Å². The maximum absolute atomic E-state index is 6.04. The van der Waals surface area contributed by atoms with Gasteiger partial charge in [-0.3, -0.25) is 0 Å². The van der Waals surface area contributed by atoms with Gasteiger partial charge in [0.25, 0.3) is 0 Å². The Hall–Kier alpha value is -0.870. The monoisotopic (exact) mass is 238 g/mol. The second-order valence-electron chi connectivity index (χ2n) is 4.74. The molecule has 2 aliphatic rings. The summed E-state index contributed by atoms with van der Waals surface area (Å²) in [5.74, 6) is 0.948. The van der Waals surface area contributed by atoms with Gasteiger partial charge < -0.3 is 10.6 Å². The maximum atomic E-state index is 6.04. The summed E-state index contributed by atoms with van der Waals surface area (Å²) in [7, 11) is 0. The van der Waals surface area contributed by atoms with E-state index in [1.54, 1.807) is 6.07 Å². The summed E-state index contributed by atoms with van der Waals surface area (Å²) in [6.45, 7) is 0. The van der Waals surface area contributed by atoms with Gasteiger partial charge in [0.05, 0.1) is 0 Å². The van der Waals surface area contributed by atoms with Crippen LogP contribution in [0, 0.1) is 0 Å². The van der Waals surface area contributed by atoms with Crippen molar-refractivity contribution >= 4 is 17.4 Å². The van der Waals surface area contributed by atoms with Crippen LogP contribution in [0.2, 0.25) is 5.15 Å². The summed E-state index contributed by atoms with van der Waals surface area (Å²) in [6, 6.07) is 5.21. The minimum atomic E-state index is 0.356. The first-order valence-corrected chi connectivity index (χ1v) is 6.15. The van der Waals surface area contributed by atoms with Crippen molar-refractivity contribution in [2.24, 2.45) is 5.73 Å². The smallest absolute Gasteiger partial charge is 0.151 e. The highest BCUT2D eigenvalue weighted by Crippen LogP contribution is 2.37. The van der Waals surface area contributed by atoms with Gasteiger partial charge in [-0.15, -0.1) is 10.2 Å². The number of nitrogens with two attached hydrogens (primary N) is 1. The highest BCUT2D eigenvalue weighted by molar-refractivity contribution is 6.29. The van der Waals surface area contributed by atoms with Crippen molar-refractivity contribution in [3.05, 3.63) is 17.3 Å². The van der Waals surface area contributed by atoms with Crippen molar-refractivity contribution < 1.29 is 0 Å². The Labute approximate surface area is 99.8 Å². The third-order valence-electron chi connectivity index (χ3n) is 3.65. The minimum Gasteiger partial charge on any atom is -0.349 e. The molecule has 1 aromatic heterocycles. The van der Waals surface area contributed by atoms with Crippen molar-refractivity contribution in [1.82, 2.24) is 10.2 Å². The minimum absolute atomic E-state index is 0.356. The van der Waals surface area contributed by atoms with Gasteiger partial charge >= 0.3 is 0 Å². The van der Waals surface area contributed by atoms with Gasteiger partial charge in [-0.1, -0.05) is 11.6 Å². The van der Waals surface area contributed by atoms with Crippen molar-refractivity contribution in [3.8, 4) is 0 Å². The summed E-state index contributed by atoms with van der Waals surface area (Å²) in [4.78, 5) is 2.38. The number of aromatic nitrogens is 2. The number of rotatable bonds is 1. The highest BCUT2D eigenvalue weighted by atomic mass is 35.5. The van der Waals surface area contributed by atoms with Gasteiger partial charge in [0, 0.05) is 18.1 Å². The van der Waals surface area contributed by atoms with Crippen LogP contribution in [0.15, 0.2) is 12.1 Å². The summed E-state index contributed by atoms with van der Waals surface area (Å²) in [5.41, 5.74) is 6.04. The van der Waals surface area contributed by atoms with Crippen molar-refractivity contribution in [1.29, 1.82) is 0 Å². The number of hydrogen-bond acceptors (Lipinski definition) is 4. The van der Waals surface area contributed by atoms with Crippen LogP contribution >= 0.6 is 11.6 Å². The molecule has 0 radical (unpaired) electrons. The molecule has 2 N–H and O–H groups in total. The molecular weight excluding hydrogens is 224 g/mol. The first-order valence-electron chi connectivity index (χ1n) is 5.77. The van der Waals surface area contributed by atoms with Crippen LogP contribution < -0.4 is 10.6 Å². The molecule has 0 aliphatic carbocycles. The standard InChI is InChI=1S/C11H15ClN4/c12-10-3-4-11(15-14-10)16-8-1-2-9(16)6-7(13)5-8/h3-4,7-9H,1-2,5-6,13H2. The second kappa shape index (κ2) is 3.86. The quantitative estimate of drug-likeness (QED) is 0.807. The molecule has 16 heavy (non-hydrogen) atoms. The topological polar surface area (TPSA) is 55.0 Å². The van der Waals surface area contributed by atoms with E-state index >= 15 is 0 Å². The van der Waals surface area contributed by atoms with Gasteiger partial charge in [-0.25, -0.2) is 0 Å². The predicted molar refractivity (Wildman–Crippen MR) is 63.5 cm³/mol. The molecule has 2 unspecified atom stereocenters. The zero-order chi connectivity index (χ0) is 11.1. The van der Waals surface area contributed by atoms with Crippen molar-refractivity contribution in [2.75, 3.05) is 4.90 Å². The van der Waals surface area contributed by atoms with Crippen LogP contribution in [0.5, 0.6) is 0 Å². The SMILES string of the molecule is NC1CC2CCC(C1)N2c1ccc(Cl)nn1. The normalized spacial score (nSPS) is 33.1. The van der Waals surface area contributed by atoms with Gasteiger partial charge in [0.15, 0.2) is 11.0 Å². The molecular formula is C11H15ClN4. The number of anilines is 1. The fourth-order valence-electron chi connectivity index (χ4n) is 3.04. The molecule has 2 fully saturated rings. The molecule has 1 aromatic rings. The predicted octanol–water partition coefficient (Wildman–Crippen LogP) is 1.59. The fraction of sp³-hybridized carbons (Fsp3) is 0.636. The average molecular weight is 239 g/mol. The third-order valence-corrected chi connectivity index (χ3v) is 3.85. The molecule has 3 heterocycles. The molecule has 86 valence electrons. The van der Waals surface area contributed by atoms with Crippen LogP contribution in [-0.4, -0.2) is 28.3 Å². The van der Waals surface area contributed by atoms with E-state index in [4.69, 9.17) is 17.3 Å². The fourth-order valence-corrected chi connectivity index (χ4v) is 3.14. The Balaban J connectivity index is 1.88. The molecule has 2 atom stereocenters. The van der Waals surface area contributed by atoms with Crippen LogP contribution in [-0.2, 0) is 0 Å². The van der Waals surface area contributed by atoms with E-state index in [0.29, 0.717) is 23.3 Å². The summed E-state index contributed by atoms with van der Waals surface area (Å²) >= 11 is 5.75. The second-order valence-corrected chi connectivity index (χ2v) is 5.13. The summed E-state index contributed by atoms with van der Waals surface area (Å²) < 4.78 is 0. The molecule has 2 saturated heterocycles. The lowest BCUT2D eigenvalue weighted by molar-refractivity contribution is 0.411. The van der Waals surface area contributed by atoms with Crippen molar-refractivity contribution in [2.45, 2.75) is 43.8 Å². The lowest BCUT2D eigenvalue weighted by Crippen LogP contribution is -2.47. The molecule has 0 spiro atoms. The Morgan fingerprint density at radius 3 is 2.44 bits per heavy atom. The van der Waals surface area contributed by atoms with E-state index in [2.05, 4.69) is 15.1 Å².